The molecule has 0 saturated heterocycles. The molecule has 1 aromatic heterocycles. The van der Waals surface area contributed by atoms with Gasteiger partial charge < -0.3 is 15.8 Å². The summed E-state index contributed by atoms with van der Waals surface area (Å²) < 4.78 is 4.77. The molecule has 3 N–H and O–H groups in total. The van der Waals surface area contributed by atoms with E-state index in [2.05, 4.69) is 10.3 Å². The first-order valence-electron chi connectivity index (χ1n) is 6.51. The van der Waals surface area contributed by atoms with E-state index >= 15 is 0 Å². The van der Waals surface area contributed by atoms with Crippen molar-refractivity contribution in [2.24, 2.45) is 0 Å². The molecule has 112 valence electrons. The van der Waals surface area contributed by atoms with Gasteiger partial charge in [-0.3, -0.25) is 0 Å². The fraction of sp³-hybridized carbons (Fsp3) is 0.333. The summed E-state index contributed by atoms with van der Waals surface area (Å²) in [5, 5.41) is 6.30. The molecule has 0 unspecified atom stereocenters. The molecule has 0 spiro atoms. The summed E-state index contributed by atoms with van der Waals surface area (Å²) in [6.45, 7) is 5.94. The molecule has 1 aromatic carbocycles. The number of nitrogens with one attached hydrogen (secondary N) is 1. The normalized spacial score (nSPS) is 11.2. The van der Waals surface area contributed by atoms with Crippen molar-refractivity contribution in [3.05, 3.63) is 39.8 Å². The Morgan fingerprint density at radius 2 is 2.14 bits per heavy atom. The van der Waals surface area contributed by atoms with E-state index in [9.17, 15) is 4.79 Å². The molecule has 0 bridgehead atoms. The summed E-state index contributed by atoms with van der Waals surface area (Å²) >= 11 is 1.58. The first kappa shape index (κ1) is 15.3. The van der Waals surface area contributed by atoms with Crippen molar-refractivity contribution in [2.75, 3.05) is 18.2 Å². The second kappa shape index (κ2) is 5.73. The van der Waals surface area contributed by atoms with Crippen LogP contribution in [-0.4, -0.2) is 18.1 Å². The summed E-state index contributed by atoms with van der Waals surface area (Å²) in [7, 11) is 1.34. The molecule has 0 aliphatic rings. The molecule has 2 aromatic rings. The van der Waals surface area contributed by atoms with E-state index in [1.54, 1.807) is 23.6 Å². The fourth-order valence-electron chi connectivity index (χ4n) is 2.10. The predicted molar refractivity (Wildman–Crippen MR) is 85.7 cm³/mol. The second-order valence-corrected chi connectivity index (χ2v) is 6.23. The summed E-state index contributed by atoms with van der Waals surface area (Å²) in [5.41, 5.74) is 8.06. The Morgan fingerprint density at radius 3 is 2.71 bits per heavy atom. The Labute approximate surface area is 128 Å². The molecule has 21 heavy (non-hydrogen) atoms. The molecule has 0 fully saturated rings. The molecule has 0 amide bonds. The van der Waals surface area contributed by atoms with Crippen LogP contribution in [0.15, 0.2) is 23.7 Å². The zero-order chi connectivity index (χ0) is 15.6. The molecule has 2 rings (SSSR count). The maximum Gasteiger partial charge on any atom is 0.340 e. The highest BCUT2D eigenvalue weighted by Crippen LogP contribution is 2.30. The van der Waals surface area contributed by atoms with Crippen LogP contribution in [0.25, 0.3) is 0 Å². The van der Waals surface area contributed by atoms with E-state index in [0.29, 0.717) is 11.3 Å². The monoisotopic (exact) mass is 305 g/mol. The minimum Gasteiger partial charge on any atom is -0.465 e. The summed E-state index contributed by atoms with van der Waals surface area (Å²) in [6, 6.07) is 3.63. The number of aryl methyl sites for hydroxylation is 1. The molecule has 0 aliphatic carbocycles. The number of ether oxygens (including phenoxy) is 1. The molecule has 1 heterocycles. The number of hydrogen-bond donors (Lipinski definition) is 2. The minimum absolute atomic E-state index is 0.343. The number of esters is 1. The van der Waals surface area contributed by atoms with Gasteiger partial charge in [0, 0.05) is 23.0 Å². The number of carbonyl (C=O) groups excluding carboxylic acids is 1. The summed E-state index contributed by atoms with van der Waals surface area (Å²) in [4.78, 5) is 16.1. The highest BCUT2D eigenvalue weighted by Gasteiger charge is 2.24. The number of thiazole rings is 1. The Hall–Kier alpha value is -2.08. The maximum absolute atomic E-state index is 11.8. The van der Waals surface area contributed by atoms with Crippen LogP contribution in [0.3, 0.4) is 0 Å². The third kappa shape index (κ3) is 3.16. The summed E-state index contributed by atoms with van der Waals surface area (Å²) in [6.07, 6.45) is 1.78. The van der Waals surface area contributed by atoms with E-state index in [4.69, 9.17) is 10.5 Å². The average molecular weight is 305 g/mol. The lowest BCUT2D eigenvalue weighted by molar-refractivity contribution is 0.0602. The number of nitrogens with zero attached hydrogens (tertiary/aromatic N) is 1. The molecule has 0 saturated carbocycles. The van der Waals surface area contributed by atoms with Gasteiger partial charge in [-0.05, 0) is 38.5 Å². The van der Waals surface area contributed by atoms with Crippen molar-refractivity contribution in [3.63, 3.8) is 0 Å². The van der Waals surface area contributed by atoms with Crippen molar-refractivity contribution in [1.29, 1.82) is 0 Å². The lowest BCUT2D eigenvalue weighted by Crippen LogP contribution is -2.28. The van der Waals surface area contributed by atoms with E-state index in [1.807, 2.05) is 32.2 Å². The van der Waals surface area contributed by atoms with Gasteiger partial charge >= 0.3 is 5.97 Å². The van der Waals surface area contributed by atoms with Gasteiger partial charge in [-0.25, -0.2) is 9.78 Å². The first-order valence-corrected chi connectivity index (χ1v) is 7.39. The zero-order valence-corrected chi connectivity index (χ0v) is 13.4. The SMILES string of the molecule is COC(=O)c1cc(NC(C)(C)c2nccs2)cc(C)c1N. The van der Waals surface area contributed by atoms with Crippen LogP contribution in [0.4, 0.5) is 11.4 Å². The number of nitrogen functional groups attached to an aromatic ring is 1. The van der Waals surface area contributed by atoms with Gasteiger partial charge in [-0.1, -0.05) is 0 Å². The molecular weight excluding hydrogens is 286 g/mol. The molecule has 0 atom stereocenters. The van der Waals surface area contributed by atoms with E-state index in [1.165, 1.54) is 7.11 Å². The highest BCUT2D eigenvalue weighted by atomic mass is 32.1. The number of carbonyl (C=O) groups is 1. The van der Waals surface area contributed by atoms with E-state index in [0.717, 1.165) is 16.3 Å². The molecule has 5 nitrogen and oxygen atoms in total. The van der Waals surface area contributed by atoms with Crippen molar-refractivity contribution < 1.29 is 9.53 Å². The number of benzene rings is 1. The van der Waals surface area contributed by atoms with Crippen LogP contribution < -0.4 is 11.1 Å². The topological polar surface area (TPSA) is 77.2 Å². The van der Waals surface area contributed by atoms with Gasteiger partial charge in [0.15, 0.2) is 0 Å². The van der Waals surface area contributed by atoms with Crippen molar-refractivity contribution >= 4 is 28.7 Å². The third-order valence-corrected chi connectivity index (χ3v) is 4.31. The Kier molecular flexibility index (Phi) is 4.18. The largest absolute Gasteiger partial charge is 0.465 e. The van der Waals surface area contributed by atoms with Gasteiger partial charge in [-0.2, -0.15) is 0 Å². The number of nitrogens with two attached hydrogens (primary N) is 1. The van der Waals surface area contributed by atoms with Gasteiger partial charge in [0.2, 0.25) is 0 Å². The number of hydrogen-bond acceptors (Lipinski definition) is 6. The first-order chi connectivity index (χ1) is 9.85. The van der Waals surface area contributed by atoms with Crippen molar-refractivity contribution in [3.8, 4) is 0 Å². The fourth-order valence-corrected chi connectivity index (χ4v) is 2.81. The number of rotatable bonds is 4. The summed E-state index contributed by atoms with van der Waals surface area (Å²) in [5.74, 6) is -0.439. The molecular formula is C15H19N3O2S. The van der Waals surface area contributed by atoms with Crippen molar-refractivity contribution in [1.82, 2.24) is 4.98 Å². The van der Waals surface area contributed by atoms with Gasteiger partial charge in [0.05, 0.1) is 18.2 Å². The van der Waals surface area contributed by atoms with Crippen molar-refractivity contribution in [2.45, 2.75) is 26.3 Å². The lowest BCUT2D eigenvalue weighted by atomic mass is 10.0. The number of anilines is 2. The smallest absolute Gasteiger partial charge is 0.340 e. The van der Waals surface area contributed by atoms with Crippen LogP contribution in [0.1, 0.15) is 34.8 Å². The number of aromatic nitrogens is 1. The molecule has 0 aliphatic heterocycles. The highest BCUT2D eigenvalue weighted by molar-refractivity contribution is 7.09. The maximum atomic E-state index is 11.8. The van der Waals surface area contributed by atoms with E-state index in [-0.39, 0.29) is 5.54 Å². The van der Waals surface area contributed by atoms with Crippen LogP contribution in [0.5, 0.6) is 0 Å². The van der Waals surface area contributed by atoms with Crippen LogP contribution in [0, 0.1) is 6.92 Å². The minimum atomic E-state index is -0.439. The second-order valence-electron chi connectivity index (χ2n) is 5.33. The Bertz CT molecular complexity index is 651. The molecule has 0 radical (unpaired) electrons. The Morgan fingerprint density at radius 1 is 1.43 bits per heavy atom. The Balaban J connectivity index is 2.37. The predicted octanol–water partition coefficient (Wildman–Crippen LogP) is 3.17. The van der Waals surface area contributed by atoms with Crippen LogP contribution >= 0.6 is 11.3 Å². The quantitative estimate of drug-likeness (QED) is 0.670. The van der Waals surface area contributed by atoms with Gasteiger partial charge in [0.25, 0.3) is 0 Å². The van der Waals surface area contributed by atoms with Crippen LogP contribution in [0.2, 0.25) is 0 Å². The number of methoxy groups -OCH3 is 1. The standard InChI is InChI=1S/C15H19N3O2S/c1-9-7-10(8-11(12(9)16)13(19)20-4)18-15(2,3)14-17-5-6-21-14/h5-8,18H,16H2,1-4H3. The van der Waals surface area contributed by atoms with Gasteiger partial charge in [-0.15, -0.1) is 11.3 Å². The average Bonchev–Trinajstić information content (AvgIpc) is 2.96. The zero-order valence-electron chi connectivity index (χ0n) is 12.6. The van der Waals surface area contributed by atoms with Gasteiger partial charge in [0.1, 0.15) is 5.01 Å². The lowest BCUT2D eigenvalue weighted by Gasteiger charge is -2.26. The third-order valence-electron chi connectivity index (χ3n) is 3.22. The van der Waals surface area contributed by atoms with Crippen LogP contribution in [-0.2, 0) is 10.3 Å². The molecule has 6 heteroatoms. The van der Waals surface area contributed by atoms with E-state index < -0.39 is 5.97 Å².